The molecule has 3 aromatic rings. The first-order valence-corrected chi connectivity index (χ1v) is 7.92. The lowest BCUT2D eigenvalue weighted by Crippen LogP contribution is -2.14. The molecule has 0 spiro atoms. The second-order valence-corrected chi connectivity index (χ2v) is 6.39. The van der Waals surface area contributed by atoms with Crippen LogP contribution in [0.5, 0.6) is 0 Å². The molecule has 118 valence electrons. The molecule has 0 aliphatic heterocycles. The number of fused-ring (bicyclic) bond motifs is 1. The fourth-order valence-electron chi connectivity index (χ4n) is 2.47. The van der Waals surface area contributed by atoms with Crippen molar-refractivity contribution in [3.8, 4) is 0 Å². The standard InChI is InChI=1S/C18H15Cl2NO2/c1-10-6-17-14(8-15(10)20)12(9-23-17)7-18(22)21-16-4-3-13(19)5-11(16)2/h3-6,8-9H,7H2,1-2H3,(H,21,22). The number of rotatable bonds is 3. The molecule has 23 heavy (non-hydrogen) atoms. The number of amides is 1. The molecule has 3 nitrogen and oxygen atoms in total. The average Bonchev–Trinajstić information content (AvgIpc) is 2.85. The Morgan fingerprint density at radius 1 is 1.13 bits per heavy atom. The van der Waals surface area contributed by atoms with Crippen LogP contribution in [0.15, 0.2) is 41.0 Å². The zero-order chi connectivity index (χ0) is 16.6. The summed E-state index contributed by atoms with van der Waals surface area (Å²) in [5.41, 5.74) is 4.16. The number of aryl methyl sites for hydroxylation is 2. The number of nitrogens with one attached hydrogen (secondary N) is 1. The highest BCUT2D eigenvalue weighted by Crippen LogP contribution is 2.28. The Morgan fingerprint density at radius 3 is 2.65 bits per heavy atom. The Bertz CT molecular complexity index is 899. The van der Waals surface area contributed by atoms with Crippen molar-refractivity contribution < 1.29 is 9.21 Å². The average molecular weight is 348 g/mol. The molecule has 0 fully saturated rings. The maximum atomic E-state index is 12.3. The largest absolute Gasteiger partial charge is 0.464 e. The minimum absolute atomic E-state index is 0.116. The van der Waals surface area contributed by atoms with Crippen molar-refractivity contribution in [2.45, 2.75) is 20.3 Å². The number of hydrogen-bond donors (Lipinski definition) is 1. The first-order chi connectivity index (χ1) is 10.9. The molecule has 0 saturated carbocycles. The third-order valence-corrected chi connectivity index (χ3v) is 4.39. The first kappa shape index (κ1) is 15.9. The van der Waals surface area contributed by atoms with E-state index in [2.05, 4.69) is 5.32 Å². The summed E-state index contributed by atoms with van der Waals surface area (Å²) in [6.07, 6.45) is 1.82. The molecule has 5 heteroatoms. The molecule has 3 rings (SSSR count). The molecule has 0 radical (unpaired) electrons. The smallest absolute Gasteiger partial charge is 0.228 e. The van der Waals surface area contributed by atoms with Crippen molar-refractivity contribution >= 4 is 45.8 Å². The molecule has 0 aliphatic carbocycles. The van der Waals surface area contributed by atoms with Crippen LogP contribution in [0.2, 0.25) is 10.0 Å². The van der Waals surface area contributed by atoms with Crippen molar-refractivity contribution in [3.63, 3.8) is 0 Å². The number of halogens is 2. The third kappa shape index (κ3) is 3.36. The van der Waals surface area contributed by atoms with Gasteiger partial charge in [0.1, 0.15) is 5.58 Å². The predicted octanol–water partition coefficient (Wildman–Crippen LogP) is 5.54. The Balaban J connectivity index is 1.81. The number of benzene rings is 2. The van der Waals surface area contributed by atoms with Crippen LogP contribution in [-0.4, -0.2) is 5.91 Å². The van der Waals surface area contributed by atoms with Gasteiger partial charge in [0.2, 0.25) is 5.91 Å². The fraction of sp³-hybridized carbons (Fsp3) is 0.167. The van der Waals surface area contributed by atoms with Crippen LogP contribution < -0.4 is 5.32 Å². The predicted molar refractivity (Wildman–Crippen MR) is 94.5 cm³/mol. The second-order valence-electron chi connectivity index (χ2n) is 5.54. The molecule has 0 unspecified atom stereocenters. The van der Waals surface area contributed by atoms with E-state index >= 15 is 0 Å². The monoisotopic (exact) mass is 347 g/mol. The first-order valence-electron chi connectivity index (χ1n) is 7.16. The number of anilines is 1. The molecule has 1 heterocycles. The summed E-state index contributed by atoms with van der Waals surface area (Å²) in [6, 6.07) is 9.07. The molecule has 0 aliphatic rings. The van der Waals surface area contributed by atoms with Gasteiger partial charge in [-0.3, -0.25) is 4.79 Å². The molecule has 0 atom stereocenters. The van der Waals surface area contributed by atoms with Crippen LogP contribution in [0.1, 0.15) is 16.7 Å². The van der Waals surface area contributed by atoms with Crippen LogP contribution in [0.25, 0.3) is 11.0 Å². The van der Waals surface area contributed by atoms with E-state index in [1.54, 1.807) is 18.4 Å². The lowest BCUT2D eigenvalue weighted by Gasteiger charge is -2.08. The Labute approximate surface area is 144 Å². The van der Waals surface area contributed by atoms with Crippen LogP contribution in [-0.2, 0) is 11.2 Å². The summed E-state index contributed by atoms with van der Waals surface area (Å²) < 4.78 is 5.52. The minimum Gasteiger partial charge on any atom is -0.464 e. The molecule has 1 aromatic heterocycles. The van der Waals surface area contributed by atoms with Gasteiger partial charge in [-0.05, 0) is 55.3 Å². The van der Waals surface area contributed by atoms with Crippen LogP contribution in [0, 0.1) is 13.8 Å². The van der Waals surface area contributed by atoms with E-state index in [0.717, 1.165) is 33.3 Å². The van der Waals surface area contributed by atoms with E-state index in [0.29, 0.717) is 10.0 Å². The van der Waals surface area contributed by atoms with Crippen LogP contribution >= 0.6 is 23.2 Å². The third-order valence-electron chi connectivity index (χ3n) is 3.75. The maximum absolute atomic E-state index is 12.3. The van der Waals surface area contributed by atoms with E-state index in [4.69, 9.17) is 27.6 Å². The van der Waals surface area contributed by atoms with Gasteiger partial charge in [0, 0.05) is 26.7 Å². The van der Waals surface area contributed by atoms with E-state index < -0.39 is 0 Å². The van der Waals surface area contributed by atoms with Gasteiger partial charge in [-0.25, -0.2) is 0 Å². The van der Waals surface area contributed by atoms with Gasteiger partial charge in [-0.15, -0.1) is 0 Å². The van der Waals surface area contributed by atoms with E-state index in [9.17, 15) is 4.79 Å². The van der Waals surface area contributed by atoms with Crippen molar-refractivity contribution in [1.29, 1.82) is 0 Å². The van der Waals surface area contributed by atoms with Gasteiger partial charge >= 0.3 is 0 Å². The van der Waals surface area contributed by atoms with Crippen molar-refractivity contribution in [2.24, 2.45) is 0 Å². The number of carbonyl (C=O) groups excluding carboxylic acids is 1. The van der Waals surface area contributed by atoms with Gasteiger partial charge in [0.15, 0.2) is 0 Å². The topological polar surface area (TPSA) is 42.2 Å². The highest BCUT2D eigenvalue weighted by atomic mass is 35.5. The second kappa shape index (κ2) is 6.26. The summed E-state index contributed by atoms with van der Waals surface area (Å²) in [7, 11) is 0. The van der Waals surface area contributed by atoms with E-state index in [1.807, 2.05) is 32.0 Å². The zero-order valence-electron chi connectivity index (χ0n) is 12.7. The fourth-order valence-corrected chi connectivity index (χ4v) is 2.86. The Hall–Kier alpha value is -1.97. The molecular formula is C18H15Cl2NO2. The summed E-state index contributed by atoms with van der Waals surface area (Å²) in [5, 5.41) is 5.06. The SMILES string of the molecule is Cc1cc2occ(CC(=O)Nc3ccc(Cl)cc3C)c2cc1Cl. The molecule has 0 bridgehead atoms. The van der Waals surface area contributed by atoms with E-state index in [-0.39, 0.29) is 12.3 Å². The van der Waals surface area contributed by atoms with Gasteiger partial charge in [0.05, 0.1) is 12.7 Å². The highest BCUT2D eigenvalue weighted by molar-refractivity contribution is 6.32. The normalized spacial score (nSPS) is 11.0. The molecule has 0 saturated heterocycles. The highest BCUT2D eigenvalue weighted by Gasteiger charge is 2.13. The lowest BCUT2D eigenvalue weighted by molar-refractivity contribution is -0.115. The quantitative estimate of drug-likeness (QED) is 0.675. The number of hydrogen-bond acceptors (Lipinski definition) is 2. The van der Waals surface area contributed by atoms with Gasteiger partial charge in [-0.1, -0.05) is 23.2 Å². The molecule has 1 amide bonds. The van der Waals surface area contributed by atoms with Gasteiger partial charge < -0.3 is 9.73 Å². The van der Waals surface area contributed by atoms with Crippen molar-refractivity contribution in [3.05, 3.63) is 63.3 Å². The van der Waals surface area contributed by atoms with Crippen molar-refractivity contribution in [1.82, 2.24) is 0 Å². The Morgan fingerprint density at radius 2 is 1.91 bits per heavy atom. The summed E-state index contributed by atoms with van der Waals surface area (Å²) in [4.78, 5) is 12.3. The summed E-state index contributed by atoms with van der Waals surface area (Å²) >= 11 is 12.1. The molecule has 2 aromatic carbocycles. The Kier molecular flexibility index (Phi) is 4.33. The van der Waals surface area contributed by atoms with Crippen LogP contribution in [0.4, 0.5) is 5.69 Å². The zero-order valence-corrected chi connectivity index (χ0v) is 14.3. The number of carbonyl (C=O) groups is 1. The number of furan rings is 1. The van der Waals surface area contributed by atoms with Gasteiger partial charge in [-0.2, -0.15) is 0 Å². The van der Waals surface area contributed by atoms with E-state index in [1.165, 1.54) is 0 Å². The lowest BCUT2D eigenvalue weighted by atomic mass is 10.1. The summed E-state index contributed by atoms with van der Waals surface area (Å²) in [5.74, 6) is -0.116. The van der Waals surface area contributed by atoms with Crippen LogP contribution in [0.3, 0.4) is 0 Å². The molecule has 1 N–H and O–H groups in total. The molecular weight excluding hydrogens is 333 g/mol. The van der Waals surface area contributed by atoms with Crippen molar-refractivity contribution in [2.75, 3.05) is 5.32 Å². The summed E-state index contributed by atoms with van der Waals surface area (Å²) in [6.45, 7) is 3.82. The minimum atomic E-state index is -0.116. The van der Waals surface area contributed by atoms with Gasteiger partial charge in [0.25, 0.3) is 0 Å². The maximum Gasteiger partial charge on any atom is 0.228 e.